The average Bonchev–Trinajstić information content (AvgIpc) is 2.61. The van der Waals surface area contributed by atoms with Crippen molar-refractivity contribution in [2.45, 2.75) is 38.7 Å². The number of rotatable bonds is 7. The molecular formula is C20H32N2O3. The van der Waals surface area contributed by atoms with Crippen LogP contribution in [0, 0.1) is 0 Å². The van der Waals surface area contributed by atoms with Crippen LogP contribution in [0.4, 0.5) is 0 Å². The lowest BCUT2D eigenvalue weighted by molar-refractivity contribution is 0.00879. The van der Waals surface area contributed by atoms with Crippen molar-refractivity contribution in [2.75, 3.05) is 46.4 Å². The Hall–Kier alpha value is -1.43. The van der Waals surface area contributed by atoms with E-state index in [9.17, 15) is 9.90 Å². The highest BCUT2D eigenvalue weighted by Crippen LogP contribution is 2.26. The molecule has 0 spiro atoms. The molecule has 1 aromatic carbocycles. The maximum Gasteiger partial charge on any atom is 0.253 e. The molecule has 1 amide bonds. The first-order valence-electron chi connectivity index (χ1n) is 9.17. The largest absolute Gasteiger partial charge is 0.390 e. The van der Waals surface area contributed by atoms with Gasteiger partial charge in [-0.3, -0.25) is 9.69 Å². The smallest absolute Gasteiger partial charge is 0.253 e. The zero-order valence-electron chi connectivity index (χ0n) is 16.0. The number of carbonyl (C=O) groups is 1. The maximum atomic E-state index is 12.6. The summed E-state index contributed by atoms with van der Waals surface area (Å²) in [6.07, 6.45) is 0.499. The molecule has 1 aromatic rings. The van der Waals surface area contributed by atoms with E-state index in [1.165, 1.54) is 5.56 Å². The zero-order valence-corrected chi connectivity index (χ0v) is 16.0. The molecule has 0 saturated carbocycles. The Morgan fingerprint density at radius 2 is 1.88 bits per heavy atom. The second-order valence-corrected chi connectivity index (χ2v) is 7.57. The molecule has 0 bridgehead atoms. The van der Waals surface area contributed by atoms with E-state index in [1.54, 1.807) is 11.9 Å². The van der Waals surface area contributed by atoms with Crippen LogP contribution in [-0.2, 0) is 10.2 Å². The number of amides is 1. The van der Waals surface area contributed by atoms with Gasteiger partial charge in [-0.05, 0) is 29.5 Å². The summed E-state index contributed by atoms with van der Waals surface area (Å²) in [4.78, 5) is 16.4. The number of morpholine rings is 1. The molecule has 1 unspecified atom stereocenters. The minimum absolute atomic E-state index is 0.0538. The SMILES string of the molecule is CCC(C)(C)c1ccc(C(=O)N(C)CC(O)CN2CCOCC2)cc1. The van der Waals surface area contributed by atoms with Crippen molar-refractivity contribution in [3.63, 3.8) is 0 Å². The molecule has 0 aliphatic carbocycles. The summed E-state index contributed by atoms with van der Waals surface area (Å²) < 4.78 is 5.31. The fraction of sp³-hybridized carbons (Fsp3) is 0.650. The van der Waals surface area contributed by atoms with Crippen LogP contribution in [0.15, 0.2) is 24.3 Å². The number of β-amino-alcohol motifs (C(OH)–C–C–N with tert-alkyl or cyclic N) is 1. The van der Waals surface area contributed by atoms with Crippen LogP contribution < -0.4 is 0 Å². The van der Waals surface area contributed by atoms with Gasteiger partial charge in [0, 0.05) is 38.8 Å². The lowest BCUT2D eigenvalue weighted by Crippen LogP contribution is -2.45. The first-order chi connectivity index (χ1) is 11.8. The summed E-state index contributed by atoms with van der Waals surface area (Å²) in [6.45, 7) is 10.6. The molecule has 1 atom stereocenters. The third-order valence-electron chi connectivity index (χ3n) is 5.20. The second-order valence-electron chi connectivity index (χ2n) is 7.57. The lowest BCUT2D eigenvalue weighted by atomic mass is 9.82. The van der Waals surface area contributed by atoms with Gasteiger partial charge < -0.3 is 14.7 Å². The van der Waals surface area contributed by atoms with E-state index in [-0.39, 0.29) is 11.3 Å². The summed E-state index contributed by atoms with van der Waals surface area (Å²) in [5, 5.41) is 10.3. The van der Waals surface area contributed by atoms with Crippen molar-refractivity contribution >= 4 is 5.91 Å². The molecule has 0 radical (unpaired) electrons. The average molecular weight is 348 g/mol. The minimum Gasteiger partial charge on any atom is -0.390 e. The Balaban J connectivity index is 1.90. The van der Waals surface area contributed by atoms with Gasteiger partial charge in [0.05, 0.1) is 19.3 Å². The van der Waals surface area contributed by atoms with Gasteiger partial charge >= 0.3 is 0 Å². The third-order valence-corrected chi connectivity index (χ3v) is 5.20. The Bertz CT molecular complexity index is 551. The highest BCUT2D eigenvalue weighted by molar-refractivity contribution is 5.94. The van der Waals surface area contributed by atoms with Crippen molar-refractivity contribution in [1.82, 2.24) is 9.80 Å². The van der Waals surface area contributed by atoms with Crippen LogP contribution in [0.5, 0.6) is 0 Å². The van der Waals surface area contributed by atoms with Gasteiger partial charge in [0.1, 0.15) is 0 Å². The van der Waals surface area contributed by atoms with Gasteiger partial charge in [-0.2, -0.15) is 0 Å². The molecule has 1 aliphatic rings. The van der Waals surface area contributed by atoms with Gasteiger partial charge in [-0.15, -0.1) is 0 Å². The first-order valence-corrected chi connectivity index (χ1v) is 9.17. The van der Waals surface area contributed by atoms with Crippen LogP contribution in [-0.4, -0.2) is 73.4 Å². The molecule has 140 valence electrons. The van der Waals surface area contributed by atoms with Gasteiger partial charge in [0.15, 0.2) is 0 Å². The van der Waals surface area contributed by atoms with E-state index >= 15 is 0 Å². The molecule has 1 saturated heterocycles. The number of hydrogen-bond donors (Lipinski definition) is 1. The van der Waals surface area contributed by atoms with Crippen molar-refractivity contribution in [3.05, 3.63) is 35.4 Å². The highest BCUT2D eigenvalue weighted by Gasteiger charge is 2.21. The highest BCUT2D eigenvalue weighted by atomic mass is 16.5. The Kier molecular flexibility index (Phi) is 6.99. The van der Waals surface area contributed by atoms with Crippen LogP contribution in [0.1, 0.15) is 43.1 Å². The standard InChI is InChI=1S/C20H32N2O3/c1-5-20(2,3)17-8-6-16(7-9-17)19(24)21(4)14-18(23)15-22-10-12-25-13-11-22/h6-9,18,23H,5,10-15H2,1-4H3. The summed E-state index contributed by atoms with van der Waals surface area (Å²) in [5.74, 6) is -0.0538. The normalized spacial score (nSPS) is 17.3. The van der Waals surface area contributed by atoms with E-state index in [0.717, 1.165) is 19.5 Å². The number of aliphatic hydroxyl groups excluding tert-OH is 1. The number of aliphatic hydroxyl groups is 1. The van der Waals surface area contributed by atoms with Gasteiger partial charge in [0.2, 0.25) is 0 Å². The van der Waals surface area contributed by atoms with Crippen molar-refractivity contribution in [2.24, 2.45) is 0 Å². The fourth-order valence-electron chi connectivity index (χ4n) is 3.03. The van der Waals surface area contributed by atoms with Gasteiger partial charge in [-0.25, -0.2) is 0 Å². The molecule has 1 N–H and O–H groups in total. The second kappa shape index (κ2) is 8.79. The van der Waals surface area contributed by atoms with Gasteiger partial charge in [0.25, 0.3) is 5.91 Å². The van der Waals surface area contributed by atoms with Crippen molar-refractivity contribution in [1.29, 1.82) is 0 Å². The number of ether oxygens (including phenoxy) is 1. The number of benzene rings is 1. The molecule has 2 rings (SSSR count). The fourth-order valence-corrected chi connectivity index (χ4v) is 3.03. The summed E-state index contributed by atoms with van der Waals surface area (Å²) in [7, 11) is 1.74. The van der Waals surface area contributed by atoms with Crippen LogP contribution in [0.25, 0.3) is 0 Å². The first kappa shape index (κ1) is 19.9. The molecule has 1 heterocycles. The van der Waals surface area contributed by atoms with Crippen molar-refractivity contribution in [3.8, 4) is 0 Å². The molecule has 5 heteroatoms. The van der Waals surface area contributed by atoms with Crippen LogP contribution >= 0.6 is 0 Å². The Labute approximate surface area is 151 Å². The maximum absolute atomic E-state index is 12.6. The molecule has 25 heavy (non-hydrogen) atoms. The van der Waals surface area contributed by atoms with E-state index < -0.39 is 6.10 Å². The monoisotopic (exact) mass is 348 g/mol. The lowest BCUT2D eigenvalue weighted by Gasteiger charge is -2.30. The number of likely N-dealkylation sites (N-methyl/N-ethyl adjacent to an activating group) is 1. The van der Waals surface area contributed by atoms with E-state index in [2.05, 4.69) is 25.7 Å². The summed E-state index contributed by atoms with van der Waals surface area (Å²) in [5.41, 5.74) is 2.01. The zero-order chi connectivity index (χ0) is 18.4. The third kappa shape index (κ3) is 5.53. The van der Waals surface area contributed by atoms with E-state index in [0.29, 0.717) is 31.9 Å². The molecule has 5 nitrogen and oxygen atoms in total. The topological polar surface area (TPSA) is 53.0 Å². The minimum atomic E-state index is -0.551. The number of carbonyl (C=O) groups excluding carboxylic acids is 1. The quantitative estimate of drug-likeness (QED) is 0.820. The number of nitrogens with zero attached hydrogens (tertiary/aromatic N) is 2. The Morgan fingerprint density at radius 3 is 2.44 bits per heavy atom. The molecule has 1 fully saturated rings. The molecular weight excluding hydrogens is 316 g/mol. The predicted octanol–water partition coefficient (Wildman–Crippen LogP) is 2.14. The van der Waals surface area contributed by atoms with Gasteiger partial charge in [-0.1, -0.05) is 32.9 Å². The Morgan fingerprint density at radius 1 is 1.28 bits per heavy atom. The summed E-state index contributed by atoms with van der Waals surface area (Å²) in [6, 6.07) is 7.85. The predicted molar refractivity (Wildman–Crippen MR) is 100.0 cm³/mol. The number of hydrogen-bond acceptors (Lipinski definition) is 4. The van der Waals surface area contributed by atoms with E-state index in [1.807, 2.05) is 24.3 Å². The van der Waals surface area contributed by atoms with Crippen molar-refractivity contribution < 1.29 is 14.6 Å². The van der Waals surface area contributed by atoms with E-state index in [4.69, 9.17) is 4.74 Å². The van der Waals surface area contributed by atoms with Crippen LogP contribution in [0.2, 0.25) is 0 Å². The van der Waals surface area contributed by atoms with Crippen LogP contribution in [0.3, 0.4) is 0 Å². The molecule has 1 aliphatic heterocycles. The molecule has 0 aromatic heterocycles. The summed E-state index contributed by atoms with van der Waals surface area (Å²) >= 11 is 0.